The molecule has 2 saturated heterocycles. The lowest BCUT2D eigenvalue weighted by atomic mass is 10.0. The maximum atomic E-state index is 14.1. The number of hydrogen-bond acceptors (Lipinski definition) is 5. The van der Waals surface area contributed by atoms with Gasteiger partial charge in [-0.3, -0.25) is 0 Å². The normalized spacial score (nSPS) is 27.1. The van der Waals surface area contributed by atoms with Crippen LogP contribution in [-0.4, -0.2) is 45.5 Å². The van der Waals surface area contributed by atoms with Crippen molar-refractivity contribution in [2.75, 3.05) is 33.0 Å². The van der Waals surface area contributed by atoms with Crippen LogP contribution >= 0.6 is 0 Å². The number of halogens is 5. The average Bonchev–Trinajstić information content (AvgIpc) is 2.76. The molecule has 2 aliphatic heterocycles. The van der Waals surface area contributed by atoms with E-state index in [0.29, 0.717) is 32.8 Å². The van der Waals surface area contributed by atoms with Crippen molar-refractivity contribution in [1.29, 1.82) is 0 Å². The van der Waals surface area contributed by atoms with Crippen LogP contribution in [0.1, 0.15) is 38.0 Å². The minimum atomic E-state index is -4.70. The van der Waals surface area contributed by atoms with Crippen molar-refractivity contribution in [3.63, 3.8) is 0 Å². The van der Waals surface area contributed by atoms with Gasteiger partial charge in [-0.15, -0.1) is 0 Å². The Morgan fingerprint density at radius 1 is 0.969 bits per heavy atom. The minimum Gasteiger partial charge on any atom is -0.478 e. The molecule has 0 aromatic heterocycles. The molecule has 1 aromatic rings. The van der Waals surface area contributed by atoms with Crippen molar-refractivity contribution in [1.82, 2.24) is 0 Å². The average molecular weight is 466 g/mol. The van der Waals surface area contributed by atoms with Gasteiger partial charge in [0.05, 0.1) is 26.4 Å². The lowest BCUT2D eigenvalue weighted by molar-refractivity contribution is -0.217. The summed E-state index contributed by atoms with van der Waals surface area (Å²) < 4.78 is 91.6. The molecule has 0 bridgehead atoms. The van der Waals surface area contributed by atoms with Gasteiger partial charge in [-0.2, -0.15) is 13.2 Å². The maximum Gasteiger partial charge on any atom is 0.422 e. The van der Waals surface area contributed by atoms with Crippen LogP contribution in [0, 0.1) is 23.5 Å². The second kappa shape index (κ2) is 11.4. The highest BCUT2D eigenvalue weighted by Crippen LogP contribution is 2.32. The first-order valence-electron chi connectivity index (χ1n) is 10.6. The molecule has 180 valence electrons. The first kappa shape index (κ1) is 24.9. The van der Waals surface area contributed by atoms with Crippen molar-refractivity contribution in [3.05, 3.63) is 41.5 Å². The van der Waals surface area contributed by atoms with E-state index in [0.717, 1.165) is 25.0 Å². The summed E-state index contributed by atoms with van der Waals surface area (Å²) in [4.78, 5) is 0. The Bertz CT molecular complexity index is 731. The molecule has 5 nitrogen and oxygen atoms in total. The van der Waals surface area contributed by atoms with Gasteiger partial charge in [-0.25, -0.2) is 8.78 Å². The van der Waals surface area contributed by atoms with Gasteiger partial charge in [0.2, 0.25) is 0 Å². The number of ether oxygens (including phenoxy) is 5. The molecular formula is C22H27F5O5. The molecule has 0 spiro atoms. The minimum absolute atomic E-state index is 0.0305. The van der Waals surface area contributed by atoms with E-state index in [4.69, 9.17) is 18.9 Å². The third kappa shape index (κ3) is 7.40. The molecule has 3 rings (SSSR count). The van der Waals surface area contributed by atoms with Crippen molar-refractivity contribution in [2.24, 2.45) is 11.8 Å². The summed E-state index contributed by atoms with van der Waals surface area (Å²) in [6, 6.07) is 1.71. The van der Waals surface area contributed by atoms with Gasteiger partial charge in [0.25, 0.3) is 0 Å². The summed E-state index contributed by atoms with van der Waals surface area (Å²) in [7, 11) is 0. The van der Waals surface area contributed by atoms with E-state index >= 15 is 0 Å². The Morgan fingerprint density at radius 2 is 1.59 bits per heavy atom. The second-order valence-electron chi connectivity index (χ2n) is 7.85. The highest BCUT2D eigenvalue weighted by molar-refractivity contribution is 5.32. The second-order valence-corrected chi connectivity index (χ2v) is 7.85. The molecule has 0 unspecified atom stereocenters. The van der Waals surface area contributed by atoms with Gasteiger partial charge in [0.15, 0.2) is 36.6 Å². The summed E-state index contributed by atoms with van der Waals surface area (Å²) >= 11 is 0. The van der Waals surface area contributed by atoms with Crippen LogP contribution in [-0.2, 0) is 18.9 Å². The van der Waals surface area contributed by atoms with Gasteiger partial charge >= 0.3 is 6.18 Å². The number of benzene rings is 1. The number of rotatable bonds is 8. The van der Waals surface area contributed by atoms with E-state index in [1.54, 1.807) is 0 Å². The summed E-state index contributed by atoms with van der Waals surface area (Å²) in [5.41, 5.74) is 0.0305. The molecule has 0 atom stereocenters. The van der Waals surface area contributed by atoms with Gasteiger partial charge in [0, 0.05) is 17.4 Å². The number of hydrogen-bond donors (Lipinski definition) is 0. The zero-order valence-electron chi connectivity index (χ0n) is 17.7. The predicted molar refractivity (Wildman–Crippen MR) is 104 cm³/mol. The fraction of sp³-hybridized carbons (Fsp3) is 0.636. The van der Waals surface area contributed by atoms with Crippen molar-refractivity contribution < 1.29 is 45.6 Å². The molecule has 0 N–H and O–H groups in total. The topological polar surface area (TPSA) is 46.2 Å². The third-order valence-corrected chi connectivity index (χ3v) is 5.09. The largest absolute Gasteiger partial charge is 0.478 e. The van der Waals surface area contributed by atoms with E-state index in [9.17, 15) is 22.0 Å². The van der Waals surface area contributed by atoms with Crippen molar-refractivity contribution in [2.45, 2.75) is 44.9 Å². The van der Waals surface area contributed by atoms with Crippen LogP contribution in [0.15, 0.2) is 24.3 Å². The van der Waals surface area contributed by atoms with Crippen LogP contribution in [0.4, 0.5) is 22.0 Å². The van der Waals surface area contributed by atoms with Crippen LogP contribution in [0.2, 0.25) is 0 Å². The lowest BCUT2D eigenvalue weighted by Gasteiger charge is -2.32. The van der Waals surface area contributed by atoms with Crippen molar-refractivity contribution in [3.8, 4) is 5.75 Å². The van der Waals surface area contributed by atoms with Gasteiger partial charge < -0.3 is 23.7 Å². The molecule has 0 aliphatic carbocycles. The van der Waals surface area contributed by atoms with Crippen molar-refractivity contribution >= 4 is 0 Å². The van der Waals surface area contributed by atoms with E-state index in [1.165, 1.54) is 0 Å². The third-order valence-electron chi connectivity index (χ3n) is 5.09. The summed E-state index contributed by atoms with van der Waals surface area (Å²) in [6.45, 7) is 2.10. The monoisotopic (exact) mass is 466 g/mol. The molecule has 32 heavy (non-hydrogen) atoms. The Hall–Kier alpha value is -1.75. The molecule has 10 heteroatoms. The molecule has 0 amide bonds. The Morgan fingerprint density at radius 3 is 2.16 bits per heavy atom. The van der Waals surface area contributed by atoms with E-state index in [-0.39, 0.29) is 23.7 Å². The fourth-order valence-electron chi connectivity index (χ4n) is 3.45. The highest BCUT2D eigenvalue weighted by atomic mass is 19.4. The molecule has 2 fully saturated rings. The Labute approximate surface area is 183 Å². The molecule has 2 heterocycles. The SMILES string of the molecule is CC/C=C/C1COC(CCC2COC(c3cc(F)c(OCC(F)(F)F)c(F)c3)OC2)OC1. The Kier molecular flexibility index (Phi) is 8.87. The molecule has 0 radical (unpaired) electrons. The van der Waals surface area contributed by atoms with Crippen LogP contribution in [0.5, 0.6) is 5.75 Å². The van der Waals surface area contributed by atoms with Crippen LogP contribution in [0.25, 0.3) is 0 Å². The van der Waals surface area contributed by atoms with Gasteiger partial charge in [0.1, 0.15) is 0 Å². The zero-order chi connectivity index (χ0) is 23.1. The standard InChI is InChI=1S/C22H27F5O5/c1-2-3-4-14-9-28-19(29-10-14)6-5-15-11-30-21(31-12-15)16-7-17(23)20(18(24)8-16)32-13-22(25,26)27/h3-4,7-8,14-15,19,21H,2,5-6,9-13H2,1H3/b4-3+. The van der Waals surface area contributed by atoms with E-state index in [2.05, 4.69) is 23.8 Å². The quantitative estimate of drug-likeness (QED) is 0.384. The number of allylic oxidation sites excluding steroid dienone is 1. The van der Waals surface area contributed by atoms with Gasteiger partial charge in [-0.1, -0.05) is 19.1 Å². The van der Waals surface area contributed by atoms with Crippen LogP contribution in [0.3, 0.4) is 0 Å². The fourth-order valence-corrected chi connectivity index (χ4v) is 3.45. The first-order chi connectivity index (χ1) is 15.2. The molecule has 1 aromatic carbocycles. The molecular weight excluding hydrogens is 439 g/mol. The highest BCUT2D eigenvalue weighted by Gasteiger charge is 2.31. The lowest BCUT2D eigenvalue weighted by Crippen LogP contribution is -2.33. The smallest absolute Gasteiger partial charge is 0.422 e. The van der Waals surface area contributed by atoms with E-state index < -0.39 is 36.5 Å². The maximum absolute atomic E-state index is 14.1. The van der Waals surface area contributed by atoms with Gasteiger partial charge in [-0.05, 0) is 31.4 Å². The van der Waals surface area contributed by atoms with Crippen LogP contribution < -0.4 is 4.74 Å². The Balaban J connectivity index is 1.43. The first-order valence-corrected chi connectivity index (χ1v) is 10.6. The summed E-state index contributed by atoms with van der Waals surface area (Å²) in [6.07, 6.45) is 0.541. The van der Waals surface area contributed by atoms with E-state index in [1.807, 2.05) is 0 Å². The predicted octanol–water partition coefficient (Wildman–Crippen LogP) is 5.30. The zero-order valence-corrected chi connectivity index (χ0v) is 17.7. The molecule has 2 aliphatic rings. The molecule has 0 saturated carbocycles. The summed E-state index contributed by atoms with van der Waals surface area (Å²) in [5.74, 6) is -3.27. The summed E-state index contributed by atoms with van der Waals surface area (Å²) in [5, 5.41) is 0. The number of alkyl halides is 3.